The number of hydrogen-bond acceptors (Lipinski definition) is 2. The average Bonchev–Trinajstić information content (AvgIpc) is 2.49. The van der Waals surface area contributed by atoms with Gasteiger partial charge in [-0.25, -0.2) is 18.3 Å². The monoisotopic (exact) mass is 344 g/mol. The van der Waals surface area contributed by atoms with E-state index in [0.717, 1.165) is 12.1 Å². The van der Waals surface area contributed by atoms with Crippen molar-refractivity contribution in [3.05, 3.63) is 61.1 Å². The summed E-state index contributed by atoms with van der Waals surface area (Å²) in [6.07, 6.45) is 1.80. The van der Waals surface area contributed by atoms with Crippen LogP contribution in [0.3, 0.4) is 0 Å². The minimum Gasteiger partial charge on any atom is -0.268 e. The maximum atomic E-state index is 14.1. The number of halogens is 4. The zero-order chi connectivity index (χ0) is 16.7. The fourth-order valence-electron chi connectivity index (χ4n) is 2.91. The zero-order valence-corrected chi connectivity index (χ0v) is 12.6. The second kappa shape index (κ2) is 5.88. The van der Waals surface area contributed by atoms with Crippen LogP contribution in [0.15, 0.2) is 27.8 Å². The van der Waals surface area contributed by atoms with Gasteiger partial charge in [-0.1, -0.05) is 11.6 Å². The van der Waals surface area contributed by atoms with Gasteiger partial charge in [0.1, 0.15) is 5.82 Å². The lowest BCUT2D eigenvalue weighted by Crippen LogP contribution is -2.44. The molecule has 1 aromatic heterocycles. The molecule has 1 aromatic carbocycles. The summed E-state index contributed by atoms with van der Waals surface area (Å²) in [7, 11) is 0. The Balaban J connectivity index is 2.40. The highest BCUT2D eigenvalue weighted by atomic mass is 35.5. The van der Waals surface area contributed by atoms with Crippen molar-refractivity contribution in [2.75, 3.05) is 0 Å². The molecule has 0 bridgehead atoms. The zero-order valence-electron chi connectivity index (χ0n) is 11.9. The van der Waals surface area contributed by atoms with Crippen molar-refractivity contribution in [1.82, 2.24) is 9.13 Å². The van der Waals surface area contributed by atoms with Crippen LogP contribution in [-0.2, 0) is 12.8 Å². The van der Waals surface area contributed by atoms with Gasteiger partial charge in [-0.05, 0) is 43.9 Å². The summed E-state index contributed by atoms with van der Waals surface area (Å²) in [4.78, 5) is 24.9. The molecule has 1 aliphatic carbocycles. The molecule has 0 atom stereocenters. The van der Waals surface area contributed by atoms with Gasteiger partial charge in [0, 0.05) is 16.3 Å². The second-order valence-electron chi connectivity index (χ2n) is 5.30. The van der Waals surface area contributed by atoms with Crippen LogP contribution in [0.5, 0.6) is 0 Å². The van der Waals surface area contributed by atoms with Crippen molar-refractivity contribution < 1.29 is 13.2 Å². The third-order valence-electron chi connectivity index (χ3n) is 3.93. The van der Waals surface area contributed by atoms with Gasteiger partial charge in [-0.3, -0.25) is 4.79 Å². The van der Waals surface area contributed by atoms with E-state index in [0.29, 0.717) is 17.4 Å². The molecule has 0 saturated carbocycles. The molecule has 3 rings (SSSR count). The average molecular weight is 345 g/mol. The highest BCUT2D eigenvalue weighted by Crippen LogP contribution is 2.22. The molecule has 0 spiro atoms. The third kappa shape index (κ3) is 2.59. The Hall–Kier alpha value is -2.02. The Morgan fingerprint density at radius 3 is 2.48 bits per heavy atom. The molecule has 122 valence electrons. The van der Waals surface area contributed by atoms with E-state index >= 15 is 0 Å². The summed E-state index contributed by atoms with van der Waals surface area (Å²) >= 11 is 5.65. The lowest BCUT2D eigenvalue weighted by molar-refractivity contribution is 0.0595. The van der Waals surface area contributed by atoms with Gasteiger partial charge in [0.2, 0.25) is 0 Å². The van der Waals surface area contributed by atoms with Gasteiger partial charge in [0.05, 0.1) is 5.69 Å². The Morgan fingerprint density at radius 1 is 1.13 bits per heavy atom. The summed E-state index contributed by atoms with van der Waals surface area (Å²) < 4.78 is 41.5. The molecule has 0 unspecified atom stereocenters. The van der Waals surface area contributed by atoms with E-state index in [1.807, 2.05) is 0 Å². The predicted octanol–water partition coefficient (Wildman–Crippen LogP) is 3.07. The van der Waals surface area contributed by atoms with Crippen LogP contribution in [0, 0.1) is 5.82 Å². The second-order valence-corrected chi connectivity index (χ2v) is 5.74. The van der Waals surface area contributed by atoms with Crippen molar-refractivity contribution in [3.63, 3.8) is 0 Å². The van der Waals surface area contributed by atoms with Gasteiger partial charge < -0.3 is 0 Å². The highest BCUT2D eigenvalue weighted by molar-refractivity contribution is 6.30. The minimum absolute atomic E-state index is 0.0480. The SMILES string of the molecule is O=c1c2c(n(C(F)F)c(=O)n1-c1ccc(Cl)cc1F)CCCC2. The Labute approximate surface area is 133 Å². The molecule has 0 saturated heterocycles. The minimum atomic E-state index is -3.10. The van der Waals surface area contributed by atoms with Crippen LogP contribution in [0.2, 0.25) is 5.02 Å². The lowest BCUT2D eigenvalue weighted by atomic mass is 9.96. The number of fused-ring (bicyclic) bond motifs is 1. The van der Waals surface area contributed by atoms with Gasteiger partial charge in [-0.15, -0.1) is 0 Å². The largest absolute Gasteiger partial charge is 0.340 e. The molecule has 4 nitrogen and oxygen atoms in total. The third-order valence-corrected chi connectivity index (χ3v) is 4.17. The Kier molecular flexibility index (Phi) is 4.06. The normalized spacial score (nSPS) is 14.1. The van der Waals surface area contributed by atoms with Crippen molar-refractivity contribution >= 4 is 11.6 Å². The van der Waals surface area contributed by atoms with Crippen LogP contribution < -0.4 is 11.2 Å². The standard InChI is InChI=1S/C15H12ClF3N2O2/c16-8-5-6-12(10(17)7-8)20-13(22)9-3-1-2-4-11(9)21(14(18)19)15(20)23/h5-7,14H,1-4H2. The molecule has 0 N–H and O–H groups in total. The van der Waals surface area contributed by atoms with Crippen molar-refractivity contribution in [3.8, 4) is 5.69 Å². The van der Waals surface area contributed by atoms with Crippen LogP contribution >= 0.6 is 11.6 Å². The van der Waals surface area contributed by atoms with E-state index < -0.39 is 23.6 Å². The van der Waals surface area contributed by atoms with E-state index in [2.05, 4.69) is 0 Å². The van der Waals surface area contributed by atoms with E-state index in [4.69, 9.17) is 11.6 Å². The molecule has 0 amide bonds. The maximum absolute atomic E-state index is 14.1. The first-order chi connectivity index (χ1) is 10.9. The van der Waals surface area contributed by atoms with Gasteiger partial charge >= 0.3 is 12.2 Å². The van der Waals surface area contributed by atoms with Crippen molar-refractivity contribution in [1.29, 1.82) is 0 Å². The number of benzene rings is 1. The molecule has 0 fully saturated rings. The number of alkyl halides is 2. The molecule has 23 heavy (non-hydrogen) atoms. The first kappa shape index (κ1) is 15.9. The van der Waals surface area contributed by atoms with Gasteiger partial charge in [0.25, 0.3) is 5.56 Å². The van der Waals surface area contributed by atoms with Gasteiger partial charge in [0.15, 0.2) is 0 Å². The Bertz CT molecular complexity index is 890. The molecule has 8 heteroatoms. The Morgan fingerprint density at radius 2 is 1.83 bits per heavy atom. The van der Waals surface area contributed by atoms with E-state index in [-0.39, 0.29) is 39.4 Å². The quantitative estimate of drug-likeness (QED) is 0.840. The summed E-state index contributed by atoms with van der Waals surface area (Å²) in [6, 6.07) is 3.35. The number of rotatable bonds is 2. The summed E-state index contributed by atoms with van der Waals surface area (Å²) in [5, 5.41) is 0.0754. The molecule has 2 aromatic rings. The fourth-order valence-corrected chi connectivity index (χ4v) is 3.07. The summed E-state index contributed by atoms with van der Waals surface area (Å²) in [5.41, 5.74) is -2.18. The molecular formula is C15H12ClF3N2O2. The van der Waals surface area contributed by atoms with Gasteiger partial charge in [-0.2, -0.15) is 8.78 Å². The van der Waals surface area contributed by atoms with Crippen molar-refractivity contribution in [2.24, 2.45) is 0 Å². The van der Waals surface area contributed by atoms with E-state index in [1.54, 1.807) is 0 Å². The maximum Gasteiger partial charge on any atom is 0.340 e. The van der Waals surface area contributed by atoms with Crippen LogP contribution in [-0.4, -0.2) is 9.13 Å². The van der Waals surface area contributed by atoms with E-state index in [1.165, 1.54) is 6.07 Å². The molecule has 0 radical (unpaired) electrons. The fraction of sp³-hybridized carbons (Fsp3) is 0.333. The summed E-state index contributed by atoms with van der Waals surface area (Å²) in [5.74, 6) is -0.923. The van der Waals surface area contributed by atoms with Crippen LogP contribution in [0.25, 0.3) is 5.69 Å². The van der Waals surface area contributed by atoms with E-state index in [9.17, 15) is 22.8 Å². The topological polar surface area (TPSA) is 44.0 Å². The number of hydrogen-bond donors (Lipinski definition) is 0. The number of nitrogens with zero attached hydrogens (tertiary/aromatic N) is 2. The summed E-state index contributed by atoms with van der Waals surface area (Å²) in [6.45, 7) is -3.10. The predicted molar refractivity (Wildman–Crippen MR) is 79.2 cm³/mol. The first-order valence-corrected chi connectivity index (χ1v) is 7.42. The molecule has 1 heterocycles. The van der Waals surface area contributed by atoms with Crippen molar-refractivity contribution in [2.45, 2.75) is 32.2 Å². The van der Waals surface area contributed by atoms with Crippen LogP contribution in [0.4, 0.5) is 13.2 Å². The first-order valence-electron chi connectivity index (χ1n) is 7.04. The molecule has 1 aliphatic rings. The smallest absolute Gasteiger partial charge is 0.268 e. The lowest BCUT2D eigenvalue weighted by Gasteiger charge is -2.22. The highest BCUT2D eigenvalue weighted by Gasteiger charge is 2.26. The molecular weight excluding hydrogens is 333 g/mol. The van der Waals surface area contributed by atoms with Crippen LogP contribution in [0.1, 0.15) is 30.6 Å². The number of aromatic nitrogens is 2. The molecule has 0 aliphatic heterocycles.